The summed E-state index contributed by atoms with van der Waals surface area (Å²) >= 11 is 0. The first-order valence-electron chi connectivity index (χ1n) is 8.96. The Morgan fingerprint density at radius 2 is 1.84 bits per heavy atom. The molecule has 2 saturated heterocycles. The summed E-state index contributed by atoms with van der Waals surface area (Å²) in [6.45, 7) is 5.61. The van der Waals surface area contributed by atoms with Gasteiger partial charge in [-0.05, 0) is 26.0 Å². The number of aryl methyl sites for hydroxylation is 1. The van der Waals surface area contributed by atoms with Crippen molar-refractivity contribution in [3.63, 3.8) is 0 Å². The van der Waals surface area contributed by atoms with Crippen molar-refractivity contribution in [2.24, 2.45) is 5.92 Å². The number of imide groups is 1. The second kappa shape index (κ2) is 7.35. The largest absolute Gasteiger partial charge is 0.466 e. The molecule has 2 amide bonds. The van der Waals surface area contributed by atoms with Crippen LogP contribution < -0.4 is 9.80 Å². The molecule has 2 aliphatic heterocycles. The monoisotopic (exact) mass is 345 g/mol. The van der Waals surface area contributed by atoms with Crippen LogP contribution in [0.2, 0.25) is 0 Å². The molecule has 0 radical (unpaired) electrons. The normalized spacial score (nSPS) is 26.8. The van der Waals surface area contributed by atoms with Crippen molar-refractivity contribution in [1.29, 1.82) is 0 Å². The number of likely N-dealkylation sites (tertiary alicyclic amines) is 1. The molecule has 6 nitrogen and oxygen atoms in total. The van der Waals surface area contributed by atoms with Crippen molar-refractivity contribution < 1.29 is 24.0 Å². The zero-order chi connectivity index (χ0) is 18.0. The van der Waals surface area contributed by atoms with Crippen LogP contribution in [0.1, 0.15) is 31.7 Å². The minimum atomic E-state index is -0.336. The highest BCUT2D eigenvalue weighted by Crippen LogP contribution is 2.23. The zero-order valence-electron chi connectivity index (χ0n) is 14.8. The summed E-state index contributed by atoms with van der Waals surface area (Å²) in [5, 5.41) is 0. The van der Waals surface area contributed by atoms with Crippen LogP contribution in [0.3, 0.4) is 0 Å². The Hall–Kier alpha value is -2.21. The van der Waals surface area contributed by atoms with Crippen LogP contribution in [0.25, 0.3) is 0 Å². The third kappa shape index (κ3) is 3.58. The third-order valence-electron chi connectivity index (χ3n) is 5.18. The van der Waals surface area contributed by atoms with Crippen molar-refractivity contribution in [1.82, 2.24) is 0 Å². The number of nitrogens with zero attached hydrogens (tertiary/aromatic N) is 1. The summed E-state index contributed by atoms with van der Waals surface area (Å²) in [6.07, 6.45) is 1.65. The number of hydrogen-bond donors (Lipinski definition) is 1. The molecule has 0 saturated carbocycles. The average Bonchev–Trinajstić information content (AvgIpc) is 2.91. The van der Waals surface area contributed by atoms with Crippen LogP contribution in [0, 0.1) is 12.8 Å². The summed E-state index contributed by atoms with van der Waals surface area (Å²) < 4.78 is 5.09. The molecule has 25 heavy (non-hydrogen) atoms. The number of benzene rings is 1. The summed E-state index contributed by atoms with van der Waals surface area (Å²) in [7, 11) is 0. The molecule has 0 aromatic heterocycles. The van der Waals surface area contributed by atoms with Gasteiger partial charge in [0, 0.05) is 12.8 Å². The molecule has 1 N–H and O–H groups in total. The standard InChI is InChI=1S/C19H24N2O4/c1-3-25-19(24)14-8-10-20(11-9-14)16-12-17(22)21(18(16)23)15-6-4-13(2)5-7-15/h4-7,14,16H,3,8-12H2,1-2H3/p+1/t16-/m1/s1. The highest BCUT2D eigenvalue weighted by molar-refractivity contribution is 6.21. The van der Waals surface area contributed by atoms with Crippen molar-refractivity contribution in [3.05, 3.63) is 29.8 Å². The van der Waals surface area contributed by atoms with E-state index in [1.54, 1.807) is 6.92 Å². The maximum absolute atomic E-state index is 12.8. The van der Waals surface area contributed by atoms with Gasteiger partial charge in [-0.15, -0.1) is 0 Å². The Morgan fingerprint density at radius 1 is 1.20 bits per heavy atom. The quantitative estimate of drug-likeness (QED) is 0.637. The highest BCUT2D eigenvalue weighted by Gasteiger charge is 2.47. The molecule has 2 fully saturated rings. The molecular weight excluding hydrogens is 320 g/mol. The fraction of sp³-hybridized carbons (Fsp3) is 0.526. The van der Waals surface area contributed by atoms with E-state index in [4.69, 9.17) is 4.74 Å². The smallest absolute Gasteiger partial charge is 0.309 e. The first-order valence-corrected chi connectivity index (χ1v) is 8.96. The second-order valence-electron chi connectivity index (χ2n) is 6.84. The van der Waals surface area contributed by atoms with Crippen molar-refractivity contribution >= 4 is 23.5 Å². The lowest BCUT2D eigenvalue weighted by atomic mass is 9.95. The second-order valence-corrected chi connectivity index (χ2v) is 6.84. The summed E-state index contributed by atoms with van der Waals surface area (Å²) in [4.78, 5) is 39.5. The summed E-state index contributed by atoms with van der Waals surface area (Å²) in [5.74, 6) is -0.488. The molecule has 1 atom stereocenters. The van der Waals surface area contributed by atoms with E-state index >= 15 is 0 Å². The van der Waals surface area contributed by atoms with E-state index in [-0.39, 0.29) is 36.2 Å². The fourth-order valence-corrected chi connectivity index (χ4v) is 3.75. The van der Waals surface area contributed by atoms with Gasteiger partial charge in [0.2, 0.25) is 5.91 Å². The molecule has 3 rings (SSSR count). The van der Waals surface area contributed by atoms with Crippen molar-refractivity contribution in [2.75, 3.05) is 24.6 Å². The number of rotatable bonds is 4. The van der Waals surface area contributed by atoms with Crippen LogP contribution >= 0.6 is 0 Å². The highest BCUT2D eigenvalue weighted by atomic mass is 16.5. The van der Waals surface area contributed by atoms with E-state index < -0.39 is 0 Å². The summed E-state index contributed by atoms with van der Waals surface area (Å²) in [5.41, 5.74) is 1.73. The Balaban J connectivity index is 1.65. The maximum atomic E-state index is 12.8. The van der Waals surface area contributed by atoms with Gasteiger partial charge in [0.1, 0.15) is 0 Å². The van der Waals surface area contributed by atoms with Crippen LogP contribution in [0.4, 0.5) is 5.69 Å². The number of carbonyl (C=O) groups excluding carboxylic acids is 3. The molecule has 6 heteroatoms. The number of piperidine rings is 1. The Labute approximate surface area is 147 Å². The number of nitrogens with one attached hydrogen (secondary N) is 1. The maximum Gasteiger partial charge on any atom is 0.309 e. The number of ether oxygens (including phenoxy) is 1. The topological polar surface area (TPSA) is 68.1 Å². The lowest BCUT2D eigenvalue weighted by Gasteiger charge is -2.31. The van der Waals surface area contributed by atoms with Gasteiger partial charge in [0.25, 0.3) is 5.91 Å². The Kier molecular flexibility index (Phi) is 5.18. The average molecular weight is 345 g/mol. The van der Waals surface area contributed by atoms with Gasteiger partial charge < -0.3 is 9.64 Å². The van der Waals surface area contributed by atoms with Crippen molar-refractivity contribution in [2.45, 2.75) is 39.2 Å². The number of hydrogen-bond acceptors (Lipinski definition) is 4. The molecular formula is C19H25N2O4+. The first-order chi connectivity index (χ1) is 12.0. The molecule has 1 aromatic rings. The molecule has 0 aliphatic carbocycles. The fourth-order valence-electron chi connectivity index (χ4n) is 3.75. The molecule has 0 spiro atoms. The van der Waals surface area contributed by atoms with Crippen LogP contribution in [-0.4, -0.2) is 43.5 Å². The van der Waals surface area contributed by atoms with Gasteiger partial charge >= 0.3 is 5.97 Å². The van der Waals surface area contributed by atoms with Gasteiger partial charge in [0.15, 0.2) is 6.04 Å². The molecule has 134 valence electrons. The van der Waals surface area contributed by atoms with Crippen molar-refractivity contribution in [3.8, 4) is 0 Å². The van der Waals surface area contributed by atoms with Gasteiger partial charge in [-0.1, -0.05) is 17.7 Å². The first kappa shape index (κ1) is 17.6. The minimum absolute atomic E-state index is 0.0795. The Morgan fingerprint density at radius 3 is 2.44 bits per heavy atom. The minimum Gasteiger partial charge on any atom is -0.466 e. The predicted octanol–water partition coefficient (Wildman–Crippen LogP) is 0.485. The third-order valence-corrected chi connectivity index (χ3v) is 5.18. The van der Waals surface area contributed by atoms with E-state index in [1.165, 1.54) is 4.90 Å². The van der Waals surface area contributed by atoms with E-state index in [2.05, 4.69) is 0 Å². The lowest BCUT2D eigenvalue weighted by molar-refractivity contribution is -0.920. The van der Waals surface area contributed by atoms with Gasteiger partial charge in [0.05, 0.1) is 37.7 Å². The van der Waals surface area contributed by atoms with Crippen LogP contribution in [0.15, 0.2) is 24.3 Å². The number of amides is 2. The van der Waals surface area contributed by atoms with E-state index in [1.807, 2.05) is 31.2 Å². The molecule has 1 aromatic carbocycles. The zero-order valence-corrected chi connectivity index (χ0v) is 14.8. The van der Waals surface area contributed by atoms with Gasteiger partial charge in [-0.2, -0.15) is 0 Å². The van der Waals surface area contributed by atoms with E-state index in [9.17, 15) is 14.4 Å². The predicted molar refractivity (Wildman–Crippen MR) is 92.1 cm³/mol. The summed E-state index contributed by atoms with van der Waals surface area (Å²) in [6, 6.07) is 7.10. The van der Waals surface area contributed by atoms with Crippen LogP contribution in [-0.2, 0) is 19.1 Å². The number of carbonyl (C=O) groups is 3. The molecule has 2 heterocycles. The lowest BCUT2D eigenvalue weighted by Crippen LogP contribution is -3.17. The molecule has 0 unspecified atom stereocenters. The Bertz CT molecular complexity index is 663. The molecule has 2 aliphatic rings. The number of quaternary nitrogens is 1. The van der Waals surface area contributed by atoms with E-state index in [0.29, 0.717) is 25.1 Å². The van der Waals surface area contributed by atoms with Crippen LogP contribution in [0.5, 0.6) is 0 Å². The molecule has 0 bridgehead atoms. The SMILES string of the molecule is CCOC(=O)C1CC[NH+]([C@@H]2CC(=O)N(c3ccc(C)cc3)C2=O)CC1. The number of esters is 1. The number of anilines is 1. The van der Waals surface area contributed by atoms with E-state index in [0.717, 1.165) is 23.6 Å². The van der Waals surface area contributed by atoms with Gasteiger partial charge in [-0.3, -0.25) is 14.4 Å². The van der Waals surface area contributed by atoms with Gasteiger partial charge in [-0.25, -0.2) is 4.90 Å².